The Balaban J connectivity index is 2.31. The van der Waals surface area contributed by atoms with E-state index < -0.39 is 0 Å². The molecule has 0 atom stereocenters. The van der Waals surface area contributed by atoms with E-state index in [-0.39, 0.29) is 0 Å². The Bertz CT molecular complexity index is 296. The summed E-state index contributed by atoms with van der Waals surface area (Å²) in [7, 11) is 0. The van der Waals surface area contributed by atoms with Gasteiger partial charge in [-0.15, -0.1) is 11.3 Å². The fraction of sp³-hybridized carbons (Fsp3) is 0.500. The molecule has 78 valence electrons. The number of carbonyl (C=O) groups excluding carboxylic acids is 1. The van der Waals surface area contributed by atoms with Crippen LogP contribution in [-0.2, 0) is 11.2 Å². The minimum Gasteiger partial charge on any atom is -0.298 e. The van der Waals surface area contributed by atoms with Gasteiger partial charge in [0.05, 0.1) is 5.75 Å². The van der Waals surface area contributed by atoms with Gasteiger partial charge in [-0.05, 0) is 39.6 Å². The van der Waals surface area contributed by atoms with E-state index in [0.29, 0.717) is 18.0 Å². The Morgan fingerprint density at radius 3 is 3.00 bits per heavy atom. The Labute approximate surface area is 101 Å². The molecule has 0 saturated heterocycles. The van der Waals surface area contributed by atoms with Gasteiger partial charge < -0.3 is 0 Å². The first kappa shape index (κ1) is 12.3. The summed E-state index contributed by atoms with van der Waals surface area (Å²) >= 11 is 6.80. The van der Waals surface area contributed by atoms with Crippen LogP contribution in [0.2, 0.25) is 0 Å². The molecule has 1 rings (SSSR count). The molecule has 1 aromatic heterocycles. The highest BCUT2D eigenvalue weighted by Gasteiger charge is 2.07. The maximum Gasteiger partial charge on any atom is 0.147 e. The molecule has 0 saturated carbocycles. The summed E-state index contributed by atoms with van der Waals surface area (Å²) < 4.78 is 1.07. The number of hydrogen-bond acceptors (Lipinski definition) is 3. The third-order valence-electron chi connectivity index (χ3n) is 1.66. The lowest BCUT2D eigenvalue weighted by molar-refractivity contribution is -0.115. The van der Waals surface area contributed by atoms with Crippen LogP contribution in [0.15, 0.2) is 15.9 Å². The van der Waals surface area contributed by atoms with Crippen molar-refractivity contribution in [3.63, 3.8) is 0 Å². The fourth-order valence-electron chi connectivity index (χ4n) is 1.01. The monoisotopic (exact) mass is 292 g/mol. The second-order valence-electron chi connectivity index (χ2n) is 2.96. The molecule has 14 heavy (non-hydrogen) atoms. The van der Waals surface area contributed by atoms with Crippen molar-refractivity contribution in [2.75, 3.05) is 11.5 Å². The minimum absolute atomic E-state index is 0.326. The molecule has 1 heterocycles. The van der Waals surface area contributed by atoms with Crippen LogP contribution in [0.5, 0.6) is 0 Å². The summed E-state index contributed by atoms with van der Waals surface area (Å²) in [6.45, 7) is 2.13. The van der Waals surface area contributed by atoms with Crippen molar-refractivity contribution in [1.82, 2.24) is 0 Å². The van der Waals surface area contributed by atoms with Crippen LogP contribution in [0.1, 0.15) is 18.2 Å². The second-order valence-corrected chi connectivity index (χ2v) is 5.92. The summed E-state index contributed by atoms with van der Waals surface area (Å²) in [4.78, 5) is 12.6. The van der Waals surface area contributed by atoms with Crippen LogP contribution in [0.25, 0.3) is 0 Å². The summed E-state index contributed by atoms with van der Waals surface area (Å²) in [5, 5.41) is 2.01. The Kier molecular flexibility index (Phi) is 5.82. The van der Waals surface area contributed by atoms with E-state index in [9.17, 15) is 4.79 Å². The third-order valence-corrected chi connectivity index (χ3v) is 4.81. The molecule has 0 aliphatic heterocycles. The maximum atomic E-state index is 11.5. The predicted molar refractivity (Wildman–Crippen MR) is 68.3 cm³/mol. The zero-order valence-corrected chi connectivity index (χ0v) is 11.3. The first-order chi connectivity index (χ1) is 6.74. The van der Waals surface area contributed by atoms with Crippen LogP contribution in [0, 0.1) is 0 Å². The molecule has 4 heteroatoms. The van der Waals surface area contributed by atoms with Gasteiger partial charge in [0.15, 0.2) is 0 Å². The van der Waals surface area contributed by atoms with Crippen molar-refractivity contribution in [2.45, 2.75) is 19.8 Å². The number of thioether (sulfide) groups is 1. The number of carbonyl (C=O) groups is 1. The van der Waals surface area contributed by atoms with Crippen LogP contribution in [0.4, 0.5) is 0 Å². The fourth-order valence-corrected chi connectivity index (χ4v) is 3.30. The highest BCUT2D eigenvalue weighted by Crippen LogP contribution is 2.23. The van der Waals surface area contributed by atoms with Crippen molar-refractivity contribution in [1.29, 1.82) is 0 Å². The molecule has 0 radical (unpaired) electrons. The zero-order valence-electron chi connectivity index (χ0n) is 8.09. The number of ketones is 1. The SMILES string of the molecule is CCCSCC(=O)Cc1sccc1Br. The lowest BCUT2D eigenvalue weighted by Crippen LogP contribution is -2.05. The molecule has 0 bridgehead atoms. The topological polar surface area (TPSA) is 17.1 Å². The van der Waals surface area contributed by atoms with Gasteiger partial charge in [0, 0.05) is 15.8 Å². The van der Waals surface area contributed by atoms with Crippen molar-refractivity contribution >= 4 is 44.8 Å². The van der Waals surface area contributed by atoms with Crippen molar-refractivity contribution < 1.29 is 4.79 Å². The van der Waals surface area contributed by atoms with E-state index in [4.69, 9.17) is 0 Å². The highest BCUT2D eigenvalue weighted by molar-refractivity contribution is 9.10. The molecule has 0 aliphatic carbocycles. The standard InChI is InChI=1S/C10H13BrOS2/c1-2-4-13-7-8(12)6-10-9(11)3-5-14-10/h3,5H,2,4,6-7H2,1H3. The quantitative estimate of drug-likeness (QED) is 0.743. The van der Waals surface area contributed by atoms with E-state index in [1.807, 2.05) is 11.4 Å². The van der Waals surface area contributed by atoms with Crippen LogP contribution in [-0.4, -0.2) is 17.3 Å². The lowest BCUT2D eigenvalue weighted by Gasteiger charge is -1.99. The molecular weight excluding hydrogens is 280 g/mol. The molecule has 0 aromatic carbocycles. The third kappa shape index (κ3) is 4.15. The van der Waals surface area contributed by atoms with E-state index in [0.717, 1.165) is 21.5 Å². The molecule has 1 nitrogen and oxygen atoms in total. The number of thiophene rings is 1. The average Bonchev–Trinajstić information content (AvgIpc) is 2.52. The molecule has 0 fully saturated rings. The van der Waals surface area contributed by atoms with E-state index >= 15 is 0 Å². The summed E-state index contributed by atoms with van der Waals surface area (Å²) in [6.07, 6.45) is 1.72. The van der Waals surface area contributed by atoms with Gasteiger partial charge >= 0.3 is 0 Å². The molecule has 0 aliphatic rings. The average molecular weight is 293 g/mol. The lowest BCUT2D eigenvalue weighted by atomic mass is 10.3. The van der Waals surface area contributed by atoms with Crippen LogP contribution >= 0.6 is 39.0 Å². The van der Waals surface area contributed by atoms with Gasteiger partial charge in [-0.2, -0.15) is 11.8 Å². The number of rotatable bonds is 6. The van der Waals surface area contributed by atoms with Crippen LogP contribution in [0.3, 0.4) is 0 Å². The molecular formula is C10H13BrOS2. The van der Waals surface area contributed by atoms with Crippen molar-refractivity contribution in [2.24, 2.45) is 0 Å². The van der Waals surface area contributed by atoms with Gasteiger partial charge in [-0.3, -0.25) is 4.79 Å². The highest BCUT2D eigenvalue weighted by atomic mass is 79.9. The molecule has 1 aromatic rings. The minimum atomic E-state index is 0.326. The van der Waals surface area contributed by atoms with Gasteiger partial charge in [0.25, 0.3) is 0 Å². The van der Waals surface area contributed by atoms with Crippen molar-refractivity contribution in [3.05, 3.63) is 20.8 Å². The largest absolute Gasteiger partial charge is 0.298 e. The molecule has 0 unspecified atom stereocenters. The first-order valence-electron chi connectivity index (χ1n) is 4.55. The number of halogens is 1. The predicted octanol–water partition coefficient (Wildman–Crippen LogP) is 3.77. The smallest absolute Gasteiger partial charge is 0.147 e. The Morgan fingerprint density at radius 2 is 2.43 bits per heavy atom. The van der Waals surface area contributed by atoms with E-state index in [2.05, 4.69) is 22.9 Å². The Morgan fingerprint density at radius 1 is 1.64 bits per heavy atom. The maximum absolute atomic E-state index is 11.5. The molecule has 0 spiro atoms. The van der Waals surface area contributed by atoms with Crippen LogP contribution < -0.4 is 0 Å². The zero-order chi connectivity index (χ0) is 10.4. The van der Waals surface area contributed by atoms with E-state index in [1.54, 1.807) is 23.1 Å². The van der Waals surface area contributed by atoms with Gasteiger partial charge in [-0.1, -0.05) is 6.92 Å². The number of Topliss-reactive ketones (excluding diaryl/α,β-unsaturated/α-hetero) is 1. The first-order valence-corrected chi connectivity index (χ1v) is 7.38. The summed E-state index contributed by atoms with van der Waals surface area (Å²) in [5.41, 5.74) is 0. The molecule has 0 amide bonds. The summed E-state index contributed by atoms with van der Waals surface area (Å²) in [6, 6.07) is 1.99. The van der Waals surface area contributed by atoms with E-state index in [1.165, 1.54) is 0 Å². The number of hydrogen-bond donors (Lipinski definition) is 0. The normalized spacial score (nSPS) is 10.4. The van der Waals surface area contributed by atoms with Gasteiger partial charge in [0.1, 0.15) is 5.78 Å². The second kappa shape index (κ2) is 6.64. The van der Waals surface area contributed by atoms with Gasteiger partial charge in [-0.25, -0.2) is 0 Å². The van der Waals surface area contributed by atoms with Gasteiger partial charge in [0.2, 0.25) is 0 Å². The Hall–Kier alpha value is 0.200. The van der Waals surface area contributed by atoms with Crippen molar-refractivity contribution in [3.8, 4) is 0 Å². The summed E-state index contributed by atoms with van der Waals surface area (Å²) in [5.74, 6) is 2.06. The molecule has 0 N–H and O–H groups in total.